The van der Waals surface area contributed by atoms with Crippen LogP contribution in [0.2, 0.25) is 0 Å². The Morgan fingerprint density at radius 1 is 1.00 bits per heavy atom. The molecule has 0 spiro atoms. The maximum Gasteiger partial charge on any atom is 0.269 e. The van der Waals surface area contributed by atoms with Crippen LogP contribution < -0.4 is 0 Å². The lowest BCUT2D eigenvalue weighted by Gasteiger charge is -2.10. The predicted octanol–water partition coefficient (Wildman–Crippen LogP) is 3.55. The van der Waals surface area contributed by atoms with Gasteiger partial charge in [-0.1, -0.05) is 30.3 Å². The van der Waals surface area contributed by atoms with E-state index in [0.717, 1.165) is 5.56 Å². The molecule has 0 N–H and O–H groups in total. The van der Waals surface area contributed by atoms with Crippen LogP contribution >= 0.6 is 15.9 Å². The second-order valence-corrected chi connectivity index (χ2v) is 7.13. The summed E-state index contributed by atoms with van der Waals surface area (Å²) in [5, 5.41) is 0. The van der Waals surface area contributed by atoms with Crippen LogP contribution in [-0.4, -0.2) is 17.4 Å². The molecular formula is C15H11BrN2O2S. The average molecular weight is 363 g/mol. The Kier molecular flexibility index (Phi) is 3.65. The fraction of sp³-hybridized carbons (Fsp3) is 0. The Morgan fingerprint density at radius 3 is 2.48 bits per heavy atom. The van der Waals surface area contributed by atoms with Crippen LogP contribution in [0.25, 0.3) is 11.3 Å². The molecule has 0 radical (unpaired) electrons. The molecule has 0 aliphatic heterocycles. The summed E-state index contributed by atoms with van der Waals surface area (Å²) in [6, 6.07) is 14.4. The SMILES string of the molecule is O=S(=O)(c1cncc(Br)c1)n1cccc1-c1ccccc1. The van der Waals surface area contributed by atoms with Gasteiger partial charge in [0.05, 0.1) is 5.69 Å². The highest BCUT2D eigenvalue weighted by atomic mass is 79.9. The van der Waals surface area contributed by atoms with E-state index in [-0.39, 0.29) is 4.90 Å². The normalized spacial score (nSPS) is 11.5. The van der Waals surface area contributed by atoms with E-state index in [1.165, 1.54) is 16.2 Å². The third-order valence-corrected chi connectivity index (χ3v) is 5.11. The predicted molar refractivity (Wildman–Crippen MR) is 84.4 cm³/mol. The molecule has 106 valence electrons. The summed E-state index contributed by atoms with van der Waals surface area (Å²) in [6.45, 7) is 0. The summed E-state index contributed by atoms with van der Waals surface area (Å²) >= 11 is 3.25. The van der Waals surface area contributed by atoms with Crippen molar-refractivity contribution in [1.29, 1.82) is 0 Å². The van der Waals surface area contributed by atoms with E-state index < -0.39 is 10.0 Å². The largest absolute Gasteiger partial charge is 0.269 e. The first-order valence-electron chi connectivity index (χ1n) is 6.18. The van der Waals surface area contributed by atoms with Crippen molar-refractivity contribution >= 4 is 26.0 Å². The number of pyridine rings is 1. The summed E-state index contributed by atoms with van der Waals surface area (Å²) < 4.78 is 27.4. The number of hydrogen-bond donors (Lipinski definition) is 0. The third kappa shape index (κ3) is 2.64. The Balaban J connectivity index is 2.16. The lowest BCUT2D eigenvalue weighted by Crippen LogP contribution is -2.13. The van der Waals surface area contributed by atoms with Gasteiger partial charge in [0.25, 0.3) is 10.0 Å². The fourth-order valence-electron chi connectivity index (χ4n) is 2.06. The molecule has 4 nitrogen and oxygen atoms in total. The molecule has 0 amide bonds. The average Bonchev–Trinajstić information content (AvgIpc) is 2.98. The molecule has 1 aromatic carbocycles. The number of rotatable bonds is 3. The first kappa shape index (κ1) is 14.0. The van der Waals surface area contributed by atoms with E-state index in [1.54, 1.807) is 24.5 Å². The molecule has 2 heterocycles. The standard InChI is InChI=1S/C15H11BrN2O2S/c16-13-9-14(11-17-10-13)21(19,20)18-8-4-7-15(18)12-5-2-1-3-6-12/h1-11H. The highest BCUT2D eigenvalue weighted by Crippen LogP contribution is 2.25. The van der Waals surface area contributed by atoms with Gasteiger partial charge in [-0.15, -0.1) is 0 Å². The lowest BCUT2D eigenvalue weighted by atomic mass is 10.2. The van der Waals surface area contributed by atoms with Crippen molar-refractivity contribution in [3.63, 3.8) is 0 Å². The molecule has 0 fully saturated rings. The molecule has 2 aromatic heterocycles. The number of benzene rings is 1. The van der Waals surface area contributed by atoms with E-state index in [9.17, 15) is 8.42 Å². The fourth-order valence-corrected chi connectivity index (χ4v) is 3.92. The molecule has 0 atom stereocenters. The van der Waals surface area contributed by atoms with E-state index >= 15 is 0 Å². The van der Waals surface area contributed by atoms with E-state index in [2.05, 4.69) is 20.9 Å². The Labute approximate surface area is 131 Å². The van der Waals surface area contributed by atoms with Gasteiger partial charge in [-0.05, 0) is 39.7 Å². The van der Waals surface area contributed by atoms with Gasteiger partial charge < -0.3 is 0 Å². The first-order valence-corrected chi connectivity index (χ1v) is 8.41. The maximum atomic E-state index is 12.7. The van der Waals surface area contributed by atoms with E-state index in [1.807, 2.05) is 30.3 Å². The molecular weight excluding hydrogens is 352 g/mol. The zero-order valence-corrected chi connectivity index (χ0v) is 13.3. The van der Waals surface area contributed by atoms with Crippen molar-refractivity contribution in [2.24, 2.45) is 0 Å². The van der Waals surface area contributed by atoms with Crippen LogP contribution in [0.15, 0.2) is 76.5 Å². The van der Waals surface area contributed by atoms with Gasteiger partial charge in [-0.2, -0.15) is 0 Å². The molecule has 0 bridgehead atoms. The number of nitrogens with zero attached hydrogens (tertiary/aromatic N) is 2. The number of halogens is 1. The molecule has 6 heteroatoms. The minimum atomic E-state index is -3.67. The maximum absolute atomic E-state index is 12.7. The highest BCUT2D eigenvalue weighted by Gasteiger charge is 2.20. The van der Waals surface area contributed by atoms with Crippen LogP contribution in [0, 0.1) is 0 Å². The van der Waals surface area contributed by atoms with Crippen molar-refractivity contribution < 1.29 is 8.42 Å². The minimum Gasteiger partial charge on any atom is -0.262 e. The van der Waals surface area contributed by atoms with Crippen LogP contribution in [0.4, 0.5) is 0 Å². The number of hydrogen-bond acceptors (Lipinski definition) is 3. The summed E-state index contributed by atoms with van der Waals surface area (Å²) in [6.07, 6.45) is 4.43. The van der Waals surface area contributed by atoms with Crippen LogP contribution in [0.5, 0.6) is 0 Å². The van der Waals surface area contributed by atoms with Gasteiger partial charge >= 0.3 is 0 Å². The Bertz CT molecular complexity index is 873. The van der Waals surface area contributed by atoms with Crippen LogP contribution in [0.1, 0.15) is 0 Å². The van der Waals surface area contributed by atoms with Gasteiger partial charge in [0, 0.05) is 23.1 Å². The lowest BCUT2D eigenvalue weighted by molar-refractivity contribution is 0.587. The van der Waals surface area contributed by atoms with E-state index in [0.29, 0.717) is 10.2 Å². The molecule has 0 aliphatic carbocycles. The molecule has 21 heavy (non-hydrogen) atoms. The highest BCUT2D eigenvalue weighted by molar-refractivity contribution is 9.10. The topological polar surface area (TPSA) is 52.0 Å². The quantitative estimate of drug-likeness (QED) is 0.715. The Morgan fingerprint density at radius 2 is 1.76 bits per heavy atom. The third-order valence-electron chi connectivity index (χ3n) is 3.02. The van der Waals surface area contributed by atoms with Gasteiger partial charge in [0.15, 0.2) is 0 Å². The van der Waals surface area contributed by atoms with Gasteiger partial charge in [-0.25, -0.2) is 12.4 Å². The van der Waals surface area contributed by atoms with Crippen molar-refractivity contribution in [3.8, 4) is 11.3 Å². The van der Waals surface area contributed by atoms with E-state index in [4.69, 9.17) is 0 Å². The second kappa shape index (κ2) is 5.46. The first-order chi connectivity index (χ1) is 10.1. The molecule has 0 unspecified atom stereocenters. The zero-order chi connectivity index (χ0) is 14.9. The Hall–Kier alpha value is -1.92. The zero-order valence-electron chi connectivity index (χ0n) is 10.8. The van der Waals surface area contributed by atoms with Crippen molar-refractivity contribution in [3.05, 3.63) is 71.6 Å². The monoisotopic (exact) mass is 362 g/mol. The van der Waals surface area contributed by atoms with Crippen molar-refractivity contribution in [2.75, 3.05) is 0 Å². The smallest absolute Gasteiger partial charge is 0.262 e. The summed E-state index contributed by atoms with van der Waals surface area (Å²) in [4.78, 5) is 4.07. The molecule has 0 saturated heterocycles. The van der Waals surface area contributed by atoms with Crippen molar-refractivity contribution in [1.82, 2.24) is 8.96 Å². The van der Waals surface area contributed by atoms with Crippen molar-refractivity contribution in [2.45, 2.75) is 4.90 Å². The van der Waals surface area contributed by atoms with Gasteiger partial charge in [-0.3, -0.25) is 4.98 Å². The molecule has 0 saturated carbocycles. The summed E-state index contributed by atoms with van der Waals surface area (Å²) in [7, 11) is -3.67. The molecule has 3 aromatic rings. The summed E-state index contributed by atoms with van der Waals surface area (Å²) in [5.41, 5.74) is 1.46. The summed E-state index contributed by atoms with van der Waals surface area (Å²) in [5.74, 6) is 0. The van der Waals surface area contributed by atoms with Crippen LogP contribution in [-0.2, 0) is 10.0 Å². The minimum absolute atomic E-state index is 0.144. The van der Waals surface area contributed by atoms with Gasteiger partial charge in [0.1, 0.15) is 4.90 Å². The van der Waals surface area contributed by atoms with Gasteiger partial charge in [0.2, 0.25) is 0 Å². The molecule has 3 rings (SSSR count). The number of aromatic nitrogens is 2. The second-order valence-electron chi connectivity index (χ2n) is 4.40. The van der Waals surface area contributed by atoms with Crippen LogP contribution in [0.3, 0.4) is 0 Å². The molecule has 0 aliphatic rings.